The molecule has 7 heteroatoms. The van der Waals surface area contributed by atoms with Crippen LogP contribution in [0.4, 0.5) is 0 Å². The fourth-order valence-corrected chi connectivity index (χ4v) is 3.94. The third kappa shape index (κ3) is 2.62. The van der Waals surface area contributed by atoms with Crippen molar-refractivity contribution in [2.45, 2.75) is 32.5 Å². The number of hydrogen-bond acceptors (Lipinski definition) is 6. The van der Waals surface area contributed by atoms with Gasteiger partial charge in [0.15, 0.2) is 5.82 Å². The number of nitrogens with zero attached hydrogens (tertiary/aromatic N) is 4. The number of carbonyl (C=O) groups excluding carboxylic acids is 1. The number of likely N-dealkylation sites (tertiary alicyclic amines) is 1. The molecule has 0 N–H and O–H groups in total. The summed E-state index contributed by atoms with van der Waals surface area (Å²) in [5.74, 6) is 1.45. The summed E-state index contributed by atoms with van der Waals surface area (Å²) in [6.07, 6.45) is 2.15. The average molecular weight is 376 g/mol. The molecular formula is C21H20N4O3. The van der Waals surface area contributed by atoms with Gasteiger partial charge in [0, 0.05) is 22.9 Å². The van der Waals surface area contributed by atoms with E-state index in [-0.39, 0.29) is 5.91 Å². The van der Waals surface area contributed by atoms with Crippen molar-refractivity contribution in [1.29, 1.82) is 0 Å². The zero-order valence-corrected chi connectivity index (χ0v) is 15.8. The number of ether oxygens (including phenoxy) is 1. The van der Waals surface area contributed by atoms with Gasteiger partial charge in [-0.25, -0.2) is 9.97 Å². The molecule has 142 valence electrons. The van der Waals surface area contributed by atoms with Crippen LogP contribution in [0.1, 0.15) is 28.3 Å². The lowest BCUT2D eigenvalue weighted by Gasteiger charge is -2.47. The largest absolute Gasteiger partial charge is 0.361 e. The molecule has 1 fully saturated rings. The summed E-state index contributed by atoms with van der Waals surface area (Å²) in [5.41, 5.74) is 4.05. The quantitative estimate of drug-likeness (QED) is 0.699. The number of aromatic nitrogens is 3. The van der Waals surface area contributed by atoms with Crippen LogP contribution in [-0.4, -0.2) is 39.0 Å². The Kier molecular flexibility index (Phi) is 3.80. The summed E-state index contributed by atoms with van der Waals surface area (Å²) in [7, 11) is 0. The van der Waals surface area contributed by atoms with Gasteiger partial charge < -0.3 is 14.2 Å². The summed E-state index contributed by atoms with van der Waals surface area (Å²) in [6.45, 7) is 5.18. The van der Waals surface area contributed by atoms with Gasteiger partial charge in [-0.3, -0.25) is 4.79 Å². The molecule has 2 aromatic heterocycles. The predicted octanol–water partition coefficient (Wildman–Crippen LogP) is 2.56. The SMILES string of the molecule is Cc1noc(C)c1CC(=O)N1CC2(C1)OCc1nc(-c3ccccc3)ncc12. The molecule has 0 bridgehead atoms. The van der Waals surface area contributed by atoms with Crippen molar-refractivity contribution in [2.75, 3.05) is 13.1 Å². The molecule has 1 amide bonds. The average Bonchev–Trinajstić information content (AvgIpc) is 3.22. The minimum Gasteiger partial charge on any atom is -0.361 e. The lowest BCUT2D eigenvalue weighted by Crippen LogP contribution is -2.61. The van der Waals surface area contributed by atoms with Gasteiger partial charge in [0.1, 0.15) is 11.4 Å². The van der Waals surface area contributed by atoms with E-state index in [9.17, 15) is 4.79 Å². The highest BCUT2D eigenvalue weighted by Gasteiger charge is 2.52. The Balaban J connectivity index is 1.32. The summed E-state index contributed by atoms with van der Waals surface area (Å²) >= 11 is 0. The second-order valence-corrected chi connectivity index (χ2v) is 7.43. The van der Waals surface area contributed by atoms with Crippen LogP contribution >= 0.6 is 0 Å². The van der Waals surface area contributed by atoms with Gasteiger partial charge in [0.05, 0.1) is 37.5 Å². The van der Waals surface area contributed by atoms with E-state index >= 15 is 0 Å². The van der Waals surface area contributed by atoms with Gasteiger partial charge in [-0.15, -0.1) is 0 Å². The highest BCUT2D eigenvalue weighted by atomic mass is 16.5. The highest BCUT2D eigenvalue weighted by Crippen LogP contribution is 2.43. The van der Waals surface area contributed by atoms with E-state index in [0.29, 0.717) is 37.7 Å². The number of carbonyl (C=O) groups is 1. The Hall–Kier alpha value is -3.06. The zero-order valence-electron chi connectivity index (χ0n) is 15.8. The molecule has 4 heterocycles. The number of aryl methyl sites for hydroxylation is 2. The molecule has 0 aliphatic carbocycles. The van der Waals surface area contributed by atoms with Gasteiger partial charge in [0.25, 0.3) is 0 Å². The maximum absolute atomic E-state index is 12.7. The molecule has 7 nitrogen and oxygen atoms in total. The van der Waals surface area contributed by atoms with E-state index in [2.05, 4.69) is 10.1 Å². The summed E-state index contributed by atoms with van der Waals surface area (Å²) in [5, 5.41) is 3.92. The first-order valence-corrected chi connectivity index (χ1v) is 9.31. The van der Waals surface area contributed by atoms with Gasteiger partial charge in [-0.05, 0) is 13.8 Å². The maximum atomic E-state index is 12.7. The molecule has 0 atom stereocenters. The van der Waals surface area contributed by atoms with Crippen molar-refractivity contribution >= 4 is 5.91 Å². The second-order valence-electron chi connectivity index (χ2n) is 7.43. The molecule has 1 spiro atoms. The highest BCUT2D eigenvalue weighted by molar-refractivity contribution is 5.80. The van der Waals surface area contributed by atoms with E-state index in [1.807, 2.05) is 55.3 Å². The van der Waals surface area contributed by atoms with E-state index in [1.54, 1.807) is 0 Å². The molecule has 0 unspecified atom stereocenters. The fourth-order valence-electron chi connectivity index (χ4n) is 3.94. The van der Waals surface area contributed by atoms with Crippen LogP contribution in [-0.2, 0) is 28.2 Å². The molecule has 1 aromatic carbocycles. The van der Waals surface area contributed by atoms with Crippen LogP contribution in [0.5, 0.6) is 0 Å². The number of fused-ring (bicyclic) bond motifs is 2. The zero-order chi connectivity index (χ0) is 19.3. The Morgan fingerprint density at radius 1 is 1.21 bits per heavy atom. The lowest BCUT2D eigenvalue weighted by molar-refractivity contribution is -0.168. The predicted molar refractivity (Wildman–Crippen MR) is 100 cm³/mol. The topological polar surface area (TPSA) is 81.4 Å². The second kappa shape index (κ2) is 6.24. The third-order valence-corrected chi connectivity index (χ3v) is 5.63. The Bertz CT molecular complexity index is 1040. The normalized spacial score (nSPS) is 16.9. The molecule has 3 aromatic rings. The Morgan fingerprint density at radius 3 is 2.71 bits per heavy atom. The van der Waals surface area contributed by atoms with Crippen molar-refractivity contribution in [2.24, 2.45) is 0 Å². The number of benzene rings is 1. The van der Waals surface area contributed by atoms with Crippen LogP contribution in [0.3, 0.4) is 0 Å². The number of amides is 1. The molecule has 2 aliphatic heterocycles. The summed E-state index contributed by atoms with van der Waals surface area (Å²) in [4.78, 5) is 23.7. The first-order chi connectivity index (χ1) is 13.6. The molecule has 0 saturated carbocycles. The monoisotopic (exact) mass is 376 g/mol. The molecule has 1 saturated heterocycles. The molecule has 0 radical (unpaired) electrons. The van der Waals surface area contributed by atoms with Crippen LogP contribution in [0.15, 0.2) is 41.1 Å². The van der Waals surface area contributed by atoms with E-state index in [0.717, 1.165) is 28.1 Å². The molecule has 5 rings (SSSR count). The maximum Gasteiger partial charge on any atom is 0.227 e. The third-order valence-electron chi connectivity index (χ3n) is 5.63. The van der Waals surface area contributed by atoms with Gasteiger partial charge in [-0.2, -0.15) is 0 Å². The van der Waals surface area contributed by atoms with Gasteiger partial charge in [0.2, 0.25) is 5.91 Å². The Labute approximate surface area is 162 Å². The van der Waals surface area contributed by atoms with Crippen molar-refractivity contribution in [3.05, 3.63) is 64.8 Å². The molecular weight excluding hydrogens is 356 g/mol. The number of rotatable bonds is 3. The first-order valence-electron chi connectivity index (χ1n) is 9.31. The molecule has 28 heavy (non-hydrogen) atoms. The summed E-state index contributed by atoms with van der Waals surface area (Å²) < 4.78 is 11.2. The molecule has 2 aliphatic rings. The first kappa shape index (κ1) is 17.1. The minimum atomic E-state index is -0.473. The number of hydrogen-bond donors (Lipinski definition) is 0. The van der Waals surface area contributed by atoms with Crippen LogP contribution < -0.4 is 0 Å². The fraction of sp³-hybridized carbons (Fsp3) is 0.333. The smallest absolute Gasteiger partial charge is 0.227 e. The van der Waals surface area contributed by atoms with Crippen molar-refractivity contribution in [3.8, 4) is 11.4 Å². The van der Waals surface area contributed by atoms with Crippen molar-refractivity contribution in [3.63, 3.8) is 0 Å². The van der Waals surface area contributed by atoms with E-state index in [1.165, 1.54) is 0 Å². The Morgan fingerprint density at radius 2 is 2.00 bits per heavy atom. The van der Waals surface area contributed by atoms with Crippen LogP contribution in [0, 0.1) is 13.8 Å². The van der Waals surface area contributed by atoms with E-state index in [4.69, 9.17) is 14.2 Å². The lowest BCUT2D eigenvalue weighted by atomic mass is 9.87. The van der Waals surface area contributed by atoms with Crippen LogP contribution in [0.2, 0.25) is 0 Å². The minimum absolute atomic E-state index is 0.0545. The summed E-state index contributed by atoms with van der Waals surface area (Å²) in [6, 6.07) is 9.89. The van der Waals surface area contributed by atoms with Gasteiger partial charge in [-0.1, -0.05) is 35.5 Å². The standard InChI is InChI=1S/C21H20N4O3/c1-13-16(14(2)28-24-13)8-19(26)25-11-21(12-25)17-9-22-20(23-18(17)10-27-21)15-6-4-3-5-7-15/h3-7,9H,8,10-12H2,1-2H3. The van der Waals surface area contributed by atoms with Gasteiger partial charge >= 0.3 is 0 Å². The van der Waals surface area contributed by atoms with Crippen molar-refractivity contribution in [1.82, 2.24) is 20.0 Å². The van der Waals surface area contributed by atoms with Crippen molar-refractivity contribution < 1.29 is 14.1 Å². The van der Waals surface area contributed by atoms with E-state index < -0.39 is 5.60 Å². The van der Waals surface area contributed by atoms with Crippen LogP contribution in [0.25, 0.3) is 11.4 Å².